The number of hydrogen-bond donors (Lipinski definition) is 1. The summed E-state index contributed by atoms with van der Waals surface area (Å²) in [6.45, 7) is 1.68. The molecule has 0 amide bonds. The van der Waals surface area contributed by atoms with E-state index < -0.39 is 0 Å². The van der Waals surface area contributed by atoms with Crippen LogP contribution in [0.2, 0.25) is 0 Å². The minimum absolute atomic E-state index is 0.314. The molecule has 1 fully saturated rings. The Balaban J connectivity index is 1.45. The molecule has 0 bridgehead atoms. The van der Waals surface area contributed by atoms with Gasteiger partial charge in [0.15, 0.2) is 4.34 Å². The zero-order valence-electron chi connectivity index (χ0n) is 10.2. The SMILES string of the molecule is c1cc(CSc2nnc(NCC3CCCO3)s2)on1. The van der Waals surface area contributed by atoms with E-state index in [0.717, 1.165) is 47.0 Å². The summed E-state index contributed by atoms with van der Waals surface area (Å²) in [6.07, 6.45) is 4.23. The Morgan fingerprint density at radius 3 is 3.26 bits per heavy atom. The van der Waals surface area contributed by atoms with Crippen molar-refractivity contribution in [3.63, 3.8) is 0 Å². The van der Waals surface area contributed by atoms with Gasteiger partial charge in [0.25, 0.3) is 0 Å². The summed E-state index contributed by atoms with van der Waals surface area (Å²) in [7, 11) is 0. The molecule has 1 aliphatic heterocycles. The zero-order chi connectivity index (χ0) is 12.9. The number of rotatable bonds is 6. The average molecular weight is 298 g/mol. The van der Waals surface area contributed by atoms with Crippen LogP contribution in [0.25, 0.3) is 0 Å². The first kappa shape index (κ1) is 12.9. The maximum Gasteiger partial charge on any atom is 0.206 e. The van der Waals surface area contributed by atoms with Crippen molar-refractivity contribution < 1.29 is 9.26 Å². The van der Waals surface area contributed by atoms with Gasteiger partial charge in [-0.1, -0.05) is 28.3 Å². The Bertz CT molecular complexity index is 497. The van der Waals surface area contributed by atoms with Crippen LogP contribution in [0.1, 0.15) is 18.6 Å². The van der Waals surface area contributed by atoms with Gasteiger partial charge in [0.1, 0.15) is 5.76 Å². The van der Waals surface area contributed by atoms with Crippen LogP contribution in [0.4, 0.5) is 5.13 Å². The van der Waals surface area contributed by atoms with E-state index in [1.54, 1.807) is 29.3 Å². The quantitative estimate of drug-likeness (QED) is 0.821. The van der Waals surface area contributed by atoms with Crippen molar-refractivity contribution in [1.82, 2.24) is 15.4 Å². The van der Waals surface area contributed by atoms with Crippen molar-refractivity contribution in [2.24, 2.45) is 0 Å². The van der Waals surface area contributed by atoms with Gasteiger partial charge in [0.05, 0.1) is 18.1 Å². The van der Waals surface area contributed by atoms with E-state index in [2.05, 4.69) is 20.7 Å². The lowest BCUT2D eigenvalue weighted by Crippen LogP contribution is -2.18. The van der Waals surface area contributed by atoms with E-state index >= 15 is 0 Å². The molecule has 8 heteroatoms. The van der Waals surface area contributed by atoms with Crippen LogP contribution < -0.4 is 5.32 Å². The lowest BCUT2D eigenvalue weighted by Gasteiger charge is -2.08. The third kappa shape index (κ3) is 3.68. The summed E-state index contributed by atoms with van der Waals surface area (Å²) < 4.78 is 11.5. The average Bonchev–Trinajstić information content (AvgIpc) is 3.16. The number of thioether (sulfide) groups is 1. The summed E-state index contributed by atoms with van der Waals surface area (Å²) in [5.41, 5.74) is 0. The first-order valence-electron chi connectivity index (χ1n) is 6.11. The monoisotopic (exact) mass is 298 g/mol. The maximum atomic E-state index is 5.55. The molecule has 1 N–H and O–H groups in total. The normalized spacial score (nSPS) is 18.8. The Labute approximate surface area is 118 Å². The number of nitrogens with zero attached hydrogens (tertiary/aromatic N) is 3. The molecule has 1 saturated heterocycles. The highest BCUT2D eigenvalue weighted by atomic mass is 32.2. The van der Waals surface area contributed by atoms with E-state index in [1.165, 1.54) is 0 Å². The highest BCUT2D eigenvalue weighted by molar-refractivity contribution is 8.00. The predicted octanol–water partition coefficient (Wildman–Crippen LogP) is 2.41. The van der Waals surface area contributed by atoms with Gasteiger partial charge in [-0.3, -0.25) is 0 Å². The number of ether oxygens (including phenoxy) is 1. The summed E-state index contributed by atoms with van der Waals surface area (Å²) in [5.74, 6) is 1.56. The molecule has 2 aromatic rings. The molecule has 0 spiro atoms. The highest BCUT2D eigenvalue weighted by Crippen LogP contribution is 2.28. The van der Waals surface area contributed by atoms with Crippen LogP contribution in [-0.2, 0) is 10.5 Å². The molecule has 6 nitrogen and oxygen atoms in total. The second-order valence-corrected chi connectivity index (χ2v) is 6.36. The van der Waals surface area contributed by atoms with Gasteiger partial charge in [0.2, 0.25) is 5.13 Å². The van der Waals surface area contributed by atoms with Gasteiger partial charge in [-0.25, -0.2) is 0 Å². The molecule has 1 atom stereocenters. The molecule has 1 aliphatic rings. The Kier molecular flexibility index (Phi) is 4.31. The minimum atomic E-state index is 0.314. The summed E-state index contributed by atoms with van der Waals surface area (Å²) >= 11 is 3.15. The number of anilines is 1. The van der Waals surface area contributed by atoms with E-state index in [9.17, 15) is 0 Å². The lowest BCUT2D eigenvalue weighted by molar-refractivity contribution is 0.120. The fourth-order valence-electron chi connectivity index (χ4n) is 1.80. The van der Waals surface area contributed by atoms with Crippen LogP contribution in [0.5, 0.6) is 0 Å². The molecule has 0 radical (unpaired) electrons. The Morgan fingerprint density at radius 2 is 2.47 bits per heavy atom. The standard InChI is InChI=1S/C11H14N4O2S2/c1-2-8(16-5-1)6-12-10-14-15-11(19-10)18-7-9-3-4-13-17-9/h3-4,8H,1-2,5-7H2,(H,12,14). The summed E-state index contributed by atoms with van der Waals surface area (Å²) in [4.78, 5) is 0. The zero-order valence-corrected chi connectivity index (χ0v) is 11.9. The number of aromatic nitrogens is 3. The third-order valence-corrected chi connectivity index (χ3v) is 4.78. The van der Waals surface area contributed by atoms with Gasteiger partial charge in [-0.15, -0.1) is 10.2 Å². The van der Waals surface area contributed by atoms with Crippen LogP contribution >= 0.6 is 23.1 Å². The van der Waals surface area contributed by atoms with Gasteiger partial charge in [-0.2, -0.15) is 0 Å². The Hall–Kier alpha value is -1.12. The molecule has 0 aliphatic carbocycles. The van der Waals surface area contributed by atoms with E-state index in [0.29, 0.717) is 6.10 Å². The predicted molar refractivity (Wildman–Crippen MR) is 73.4 cm³/mol. The molecule has 3 rings (SSSR count). The van der Waals surface area contributed by atoms with Gasteiger partial charge >= 0.3 is 0 Å². The first-order valence-corrected chi connectivity index (χ1v) is 7.92. The fraction of sp³-hybridized carbons (Fsp3) is 0.545. The smallest absolute Gasteiger partial charge is 0.206 e. The Morgan fingerprint density at radius 1 is 1.47 bits per heavy atom. The third-order valence-electron chi connectivity index (χ3n) is 2.74. The molecule has 19 heavy (non-hydrogen) atoms. The molecule has 0 aromatic carbocycles. The number of hydrogen-bond acceptors (Lipinski definition) is 8. The topological polar surface area (TPSA) is 73.1 Å². The highest BCUT2D eigenvalue weighted by Gasteiger charge is 2.15. The first-order chi connectivity index (χ1) is 9.40. The van der Waals surface area contributed by atoms with Crippen molar-refractivity contribution in [2.45, 2.75) is 29.0 Å². The molecule has 1 unspecified atom stereocenters. The lowest BCUT2D eigenvalue weighted by atomic mass is 10.2. The maximum absolute atomic E-state index is 5.55. The van der Waals surface area contributed by atoms with Gasteiger partial charge in [-0.05, 0) is 12.8 Å². The second kappa shape index (κ2) is 6.36. The second-order valence-electron chi connectivity index (χ2n) is 4.16. The molecule has 2 aromatic heterocycles. The molecular formula is C11H14N4O2S2. The summed E-state index contributed by atoms with van der Waals surface area (Å²) in [6, 6.07) is 1.85. The van der Waals surface area contributed by atoms with Crippen LogP contribution in [0, 0.1) is 0 Å². The molecule has 0 saturated carbocycles. The van der Waals surface area contributed by atoms with Crippen molar-refractivity contribution >= 4 is 28.2 Å². The minimum Gasteiger partial charge on any atom is -0.376 e. The van der Waals surface area contributed by atoms with Gasteiger partial charge in [0, 0.05) is 19.2 Å². The largest absolute Gasteiger partial charge is 0.376 e. The summed E-state index contributed by atoms with van der Waals surface area (Å²) in [5, 5.41) is 16.0. The van der Waals surface area contributed by atoms with Crippen molar-refractivity contribution in [1.29, 1.82) is 0 Å². The van der Waals surface area contributed by atoms with Crippen molar-refractivity contribution in [3.8, 4) is 0 Å². The van der Waals surface area contributed by atoms with E-state index in [-0.39, 0.29) is 0 Å². The van der Waals surface area contributed by atoms with Crippen molar-refractivity contribution in [3.05, 3.63) is 18.0 Å². The molecule has 102 valence electrons. The van der Waals surface area contributed by atoms with E-state index in [4.69, 9.17) is 9.26 Å². The van der Waals surface area contributed by atoms with E-state index in [1.807, 2.05) is 6.07 Å². The molecular weight excluding hydrogens is 284 g/mol. The number of nitrogens with one attached hydrogen (secondary N) is 1. The van der Waals surface area contributed by atoms with Crippen LogP contribution in [-0.4, -0.2) is 34.6 Å². The molecule has 3 heterocycles. The fourth-order valence-corrected chi connectivity index (χ4v) is 3.44. The van der Waals surface area contributed by atoms with Crippen molar-refractivity contribution in [2.75, 3.05) is 18.5 Å². The van der Waals surface area contributed by atoms with Crippen LogP contribution in [0.15, 0.2) is 21.1 Å². The van der Waals surface area contributed by atoms with Gasteiger partial charge < -0.3 is 14.6 Å². The van der Waals surface area contributed by atoms with Crippen LogP contribution in [0.3, 0.4) is 0 Å².